The number of hydrogen-bond acceptors (Lipinski definition) is 4. The maximum absolute atomic E-state index is 12.2. The van der Waals surface area contributed by atoms with E-state index in [0.29, 0.717) is 23.4 Å². The van der Waals surface area contributed by atoms with Crippen LogP contribution < -0.4 is 10.0 Å². The summed E-state index contributed by atoms with van der Waals surface area (Å²) in [5.41, 5.74) is -0.140. The molecule has 0 aromatic heterocycles. The Morgan fingerprint density at radius 1 is 1.25 bits per heavy atom. The molecule has 1 aliphatic rings. The fourth-order valence-electron chi connectivity index (χ4n) is 3.69. The van der Waals surface area contributed by atoms with Crippen LogP contribution >= 0.6 is 11.6 Å². The molecule has 2 atom stereocenters. The summed E-state index contributed by atoms with van der Waals surface area (Å²) in [6.07, 6.45) is 1.33. The Balaban J connectivity index is 1.79. The van der Waals surface area contributed by atoms with Crippen molar-refractivity contribution >= 4 is 27.5 Å². The molecule has 0 aliphatic carbocycles. The highest BCUT2D eigenvalue weighted by molar-refractivity contribution is 7.89. The average Bonchev–Trinajstić information content (AvgIpc) is 2.59. The molecule has 2 N–H and O–H groups in total. The van der Waals surface area contributed by atoms with Gasteiger partial charge in [-0.3, -0.25) is 9.69 Å². The van der Waals surface area contributed by atoms with Gasteiger partial charge in [-0.2, -0.15) is 0 Å². The summed E-state index contributed by atoms with van der Waals surface area (Å²) in [6.45, 7) is 11.5. The largest absolute Gasteiger partial charge is 0.354 e. The number of sulfonamides is 1. The summed E-state index contributed by atoms with van der Waals surface area (Å²) >= 11 is 5.84. The monoisotopic (exact) mass is 429 g/mol. The minimum Gasteiger partial charge on any atom is -0.354 e. The van der Waals surface area contributed by atoms with E-state index in [1.807, 2.05) is 0 Å². The summed E-state index contributed by atoms with van der Waals surface area (Å²) in [7, 11) is -3.67. The van der Waals surface area contributed by atoms with E-state index in [9.17, 15) is 13.2 Å². The van der Waals surface area contributed by atoms with Crippen LogP contribution in [0.25, 0.3) is 0 Å². The van der Waals surface area contributed by atoms with Crippen LogP contribution in [0, 0.1) is 11.8 Å². The van der Waals surface area contributed by atoms with Gasteiger partial charge in [0, 0.05) is 43.2 Å². The normalized spacial score (nSPS) is 21.5. The predicted molar refractivity (Wildman–Crippen MR) is 113 cm³/mol. The summed E-state index contributed by atoms with van der Waals surface area (Å²) in [6, 6.07) is 6.04. The van der Waals surface area contributed by atoms with Gasteiger partial charge in [0.05, 0.1) is 4.90 Å². The van der Waals surface area contributed by atoms with Crippen LogP contribution in [0.1, 0.15) is 40.5 Å². The van der Waals surface area contributed by atoms with E-state index in [-0.39, 0.29) is 29.3 Å². The second-order valence-electron chi connectivity index (χ2n) is 8.55. The Morgan fingerprint density at radius 2 is 1.89 bits per heavy atom. The van der Waals surface area contributed by atoms with E-state index in [0.717, 1.165) is 13.1 Å². The molecule has 1 aromatic carbocycles. The van der Waals surface area contributed by atoms with Gasteiger partial charge in [0.15, 0.2) is 0 Å². The molecule has 6 nitrogen and oxygen atoms in total. The maximum atomic E-state index is 12.2. The molecule has 1 aliphatic heterocycles. The Bertz CT molecular complexity index is 773. The van der Waals surface area contributed by atoms with Crippen molar-refractivity contribution in [1.82, 2.24) is 14.9 Å². The van der Waals surface area contributed by atoms with Crippen LogP contribution in [-0.2, 0) is 14.8 Å². The molecule has 28 heavy (non-hydrogen) atoms. The van der Waals surface area contributed by atoms with Gasteiger partial charge in [0.25, 0.3) is 0 Å². The second-order valence-corrected chi connectivity index (χ2v) is 10.7. The molecule has 2 unspecified atom stereocenters. The lowest BCUT2D eigenvalue weighted by Crippen LogP contribution is -2.56. The number of rotatable bonds is 8. The SMILES string of the molecule is CC1CC(C)CN(C(C)(C)CNC(=O)CCNS(=O)(=O)c2cccc(Cl)c2)C1. The number of nitrogens with one attached hydrogen (secondary N) is 2. The van der Waals surface area contributed by atoms with Gasteiger partial charge in [-0.15, -0.1) is 0 Å². The lowest BCUT2D eigenvalue weighted by Gasteiger charge is -2.45. The summed E-state index contributed by atoms with van der Waals surface area (Å²) in [5.74, 6) is 1.14. The molecule has 1 amide bonds. The smallest absolute Gasteiger partial charge is 0.240 e. The van der Waals surface area contributed by atoms with Crippen molar-refractivity contribution in [1.29, 1.82) is 0 Å². The van der Waals surface area contributed by atoms with E-state index >= 15 is 0 Å². The zero-order valence-electron chi connectivity index (χ0n) is 17.2. The maximum Gasteiger partial charge on any atom is 0.240 e. The molecule has 158 valence electrons. The van der Waals surface area contributed by atoms with Crippen molar-refractivity contribution in [2.24, 2.45) is 11.8 Å². The zero-order chi connectivity index (χ0) is 20.9. The van der Waals surface area contributed by atoms with Gasteiger partial charge in [0.2, 0.25) is 15.9 Å². The van der Waals surface area contributed by atoms with Crippen molar-refractivity contribution in [2.75, 3.05) is 26.2 Å². The van der Waals surface area contributed by atoms with Crippen molar-refractivity contribution in [3.8, 4) is 0 Å². The van der Waals surface area contributed by atoms with Crippen LogP contribution in [0.4, 0.5) is 0 Å². The molecule has 0 bridgehead atoms. The van der Waals surface area contributed by atoms with Gasteiger partial charge in [-0.1, -0.05) is 31.5 Å². The third-order valence-corrected chi connectivity index (χ3v) is 6.89. The lowest BCUT2D eigenvalue weighted by atomic mass is 9.88. The first-order valence-electron chi connectivity index (χ1n) is 9.76. The topological polar surface area (TPSA) is 78.5 Å². The molecule has 1 fully saturated rings. The van der Waals surface area contributed by atoms with Gasteiger partial charge >= 0.3 is 0 Å². The van der Waals surface area contributed by atoms with E-state index in [4.69, 9.17) is 11.6 Å². The number of halogens is 1. The third-order valence-electron chi connectivity index (χ3n) is 5.19. The van der Waals surface area contributed by atoms with Crippen molar-refractivity contribution in [2.45, 2.75) is 51.0 Å². The average molecular weight is 430 g/mol. The highest BCUT2D eigenvalue weighted by Crippen LogP contribution is 2.26. The molecule has 0 radical (unpaired) electrons. The summed E-state index contributed by atoms with van der Waals surface area (Å²) < 4.78 is 26.9. The quantitative estimate of drug-likeness (QED) is 0.666. The number of likely N-dealkylation sites (tertiary alicyclic amines) is 1. The van der Waals surface area contributed by atoms with Crippen LogP contribution in [0.3, 0.4) is 0 Å². The van der Waals surface area contributed by atoms with Crippen LogP contribution in [0.15, 0.2) is 29.2 Å². The van der Waals surface area contributed by atoms with Crippen molar-refractivity contribution < 1.29 is 13.2 Å². The molecule has 0 spiro atoms. The number of piperidine rings is 1. The standard InChI is InChI=1S/C20H32ClN3O3S/c1-15-10-16(2)13-24(12-15)20(3,4)14-22-19(25)8-9-23-28(26,27)18-7-5-6-17(21)11-18/h5-7,11,15-16,23H,8-10,12-14H2,1-4H3,(H,22,25). The number of hydrogen-bond donors (Lipinski definition) is 2. The fraction of sp³-hybridized carbons (Fsp3) is 0.650. The van der Waals surface area contributed by atoms with Crippen LogP contribution in [-0.4, -0.2) is 50.9 Å². The third kappa shape index (κ3) is 6.72. The van der Waals surface area contributed by atoms with Gasteiger partial charge in [0.1, 0.15) is 0 Å². The first-order chi connectivity index (χ1) is 13.0. The Morgan fingerprint density at radius 3 is 2.50 bits per heavy atom. The van der Waals surface area contributed by atoms with E-state index in [1.165, 1.54) is 18.6 Å². The first kappa shape index (κ1) is 23.1. The number of benzene rings is 1. The molecule has 2 rings (SSSR count). The minimum atomic E-state index is -3.67. The fourth-order valence-corrected chi connectivity index (χ4v) is 5.02. The Labute approximate surface area is 174 Å². The highest BCUT2D eigenvalue weighted by Gasteiger charge is 2.32. The Hall–Kier alpha value is -1.15. The molecule has 0 saturated carbocycles. The number of amides is 1. The Kier molecular flexibility index (Phi) is 7.90. The van der Waals surface area contributed by atoms with E-state index in [1.54, 1.807) is 12.1 Å². The second kappa shape index (κ2) is 9.57. The van der Waals surface area contributed by atoms with E-state index < -0.39 is 10.0 Å². The first-order valence-corrected chi connectivity index (χ1v) is 11.6. The number of nitrogens with zero attached hydrogens (tertiary/aromatic N) is 1. The summed E-state index contributed by atoms with van der Waals surface area (Å²) in [4.78, 5) is 14.7. The number of carbonyl (C=O) groups is 1. The van der Waals surface area contributed by atoms with E-state index in [2.05, 4.69) is 42.6 Å². The van der Waals surface area contributed by atoms with Crippen molar-refractivity contribution in [3.05, 3.63) is 29.3 Å². The zero-order valence-corrected chi connectivity index (χ0v) is 18.7. The van der Waals surface area contributed by atoms with Crippen molar-refractivity contribution in [3.63, 3.8) is 0 Å². The molecule has 1 saturated heterocycles. The molecular formula is C20H32ClN3O3S. The lowest BCUT2D eigenvalue weighted by molar-refractivity contribution is -0.121. The number of carbonyl (C=O) groups excluding carboxylic acids is 1. The predicted octanol–water partition coefficient (Wildman–Crippen LogP) is 2.88. The van der Waals surface area contributed by atoms with Gasteiger partial charge in [-0.25, -0.2) is 13.1 Å². The van der Waals surface area contributed by atoms with Crippen LogP contribution in [0.2, 0.25) is 5.02 Å². The molecule has 1 aromatic rings. The van der Waals surface area contributed by atoms with Gasteiger partial charge in [-0.05, 0) is 50.3 Å². The highest BCUT2D eigenvalue weighted by atomic mass is 35.5. The summed E-state index contributed by atoms with van der Waals surface area (Å²) in [5, 5.41) is 3.30. The minimum absolute atomic E-state index is 0.0406. The molecule has 1 heterocycles. The van der Waals surface area contributed by atoms with Crippen LogP contribution in [0.5, 0.6) is 0 Å². The molecular weight excluding hydrogens is 398 g/mol. The molecule has 8 heteroatoms. The van der Waals surface area contributed by atoms with Gasteiger partial charge < -0.3 is 5.32 Å².